The minimum absolute atomic E-state index is 0.188. The van der Waals surface area contributed by atoms with E-state index in [9.17, 15) is 4.79 Å². The molecule has 3 rings (SSSR count). The van der Waals surface area contributed by atoms with Gasteiger partial charge in [0.05, 0.1) is 0 Å². The number of nitrogens with one attached hydrogen (secondary N) is 2. The van der Waals surface area contributed by atoms with E-state index in [1.54, 1.807) is 0 Å². The number of hydrogen-bond donors (Lipinski definition) is 3. The first-order chi connectivity index (χ1) is 13.5. The van der Waals surface area contributed by atoms with E-state index in [4.69, 9.17) is 5.73 Å². The van der Waals surface area contributed by atoms with Gasteiger partial charge in [-0.05, 0) is 30.9 Å². The molecule has 149 valence electrons. The minimum Gasteiger partial charge on any atom is -0.383 e. The predicted octanol–water partition coefficient (Wildman–Crippen LogP) is 2.48. The molecule has 2 aromatic rings. The lowest BCUT2D eigenvalue weighted by molar-refractivity contribution is 0.0952. The van der Waals surface area contributed by atoms with Crippen LogP contribution < -0.4 is 16.4 Å². The van der Waals surface area contributed by atoms with Crippen LogP contribution >= 0.6 is 0 Å². The third-order valence-electron chi connectivity index (χ3n) is 4.79. The highest BCUT2D eigenvalue weighted by molar-refractivity contribution is 6.02. The average Bonchev–Trinajstić information content (AvgIpc) is 2.67. The number of nitrogen functional groups attached to an aromatic ring is 1. The van der Waals surface area contributed by atoms with Crippen LogP contribution in [0.4, 0.5) is 11.6 Å². The molecule has 7 heteroatoms. The number of likely N-dealkylation sites (tertiary alicyclic amines) is 1. The molecule has 1 radical (unpaired) electrons. The van der Waals surface area contributed by atoms with Crippen molar-refractivity contribution in [3.63, 3.8) is 0 Å². The molecule has 0 bridgehead atoms. The van der Waals surface area contributed by atoms with Crippen molar-refractivity contribution in [1.82, 2.24) is 20.2 Å². The van der Waals surface area contributed by atoms with Crippen LogP contribution in [0.5, 0.6) is 0 Å². The van der Waals surface area contributed by atoms with Crippen molar-refractivity contribution in [3.05, 3.63) is 53.7 Å². The van der Waals surface area contributed by atoms with Gasteiger partial charge in [-0.3, -0.25) is 4.79 Å². The summed E-state index contributed by atoms with van der Waals surface area (Å²) in [4.78, 5) is 23.5. The maximum Gasteiger partial charge on any atom is 0.259 e. The van der Waals surface area contributed by atoms with Gasteiger partial charge in [0, 0.05) is 25.7 Å². The van der Waals surface area contributed by atoms with Crippen LogP contribution in [0.2, 0.25) is 0 Å². The number of benzene rings is 1. The van der Waals surface area contributed by atoms with Crippen LogP contribution in [-0.4, -0.2) is 46.5 Å². The van der Waals surface area contributed by atoms with E-state index in [2.05, 4.69) is 39.3 Å². The molecule has 4 N–H and O–H groups in total. The summed E-state index contributed by atoms with van der Waals surface area (Å²) >= 11 is 0. The number of nitrogens with two attached hydrogens (primary N) is 1. The number of amides is 1. The Bertz CT molecular complexity index is 780. The zero-order valence-electron chi connectivity index (χ0n) is 16.6. The molecule has 1 aliphatic rings. The minimum atomic E-state index is -0.269. The summed E-state index contributed by atoms with van der Waals surface area (Å²) in [6.45, 7) is 7.74. The fraction of sp³-hybridized carbons (Fsp3) is 0.429. The van der Waals surface area contributed by atoms with Crippen LogP contribution in [0.25, 0.3) is 0 Å². The second kappa shape index (κ2) is 9.50. The highest BCUT2D eigenvalue weighted by atomic mass is 16.1. The van der Waals surface area contributed by atoms with E-state index in [0.717, 1.165) is 38.0 Å². The molecule has 1 fully saturated rings. The van der Waals surface area contributed by atoms with Crippen LogP contribution in [-0.2, 0) is 6.54 Å². The molecule has 1 saturated heterocycles. The fourth-order valence-electron chi connectivity index (χ4n) is 3.56. The quantitative estimate of drug-likeness (QED) is 0.682. The van der Waals surface area contributed by atoms with E-state index in [-0.39, 0.29) is 17.8 Å². The fourth-order valence-corrected chi connectivity index (χ4v) is 3.56. The number of hydrogen-bond acceptors (Lipinski definition) is 6. The Morgan fingerprint density at radius 2 is 2.04 bits per heavy atom. The lowest BCUT2D eigenvalue weighted by Gasteiger charge is -2.34. The van der Waals surface area contributed by atoms with Gasteiger partial charge in [0.1, 0.15) is 23.5 Å². The zero-order valence-corrected chi connectivity index (χ0v) is 16.6. The largest absolute Gasteiger partial charge is 0.383 e. The van der Waals surface area contributed by atoms with E-state index < -0.39 is 0 Å². The van der Waals surface area contributed by atoms with E-state index in [1.165, 1.54) is 12.2 Å². The lowest BCUT2D eigenvalue weighted by Crippen LogP contribution is -2.43. The Hall–Kier alpha value is -2.67. The summed E-state index contributed by atoms with van der Waals surface area (Å²) in [5, 5.41) is 6.35. The van der Waals surface area contributed by atoms with Crippen LogP contribution in [0.15, 0.2) is 36.7 Å². The zero-order chi connectivity index (χ0) is 19.9. The predicted molar refractivity (Wildman–Crippen MR) is 112 cm³/mol. The van der Waals surface area contributed by atoms with Crippen molar-refractivity contribution < 1.29 is 4.79 Å². The normalized spacial score (nSPS) is 17.5. The molecule has 0 spiro atoms. The van der Waals surface area contributed by atoms with Gasteiger partial charge in [-0.15, -0.1) is 0 Å². The number of carbonyl (C=O) groups excluding carboxylic acids is 1. The molecule has 0 unspecified atom stereocenters. The summed E-state index contributed by atoms with van der Waals surface area (Å²) < 4.78 is 0. The van der Waals surface area contributed by atoms with E-state index in [1.807, 2.05) is 30.3 Å². The SMILES string of the molecule is C[C](C)CN1CCC[C@@H](Nc2ncnc(N)c2C(=O)NCc2ccccc2)C1. The number of aromatic nitrogens is 2. The van der Waals surface area contributed by atoms with Crippen molar-refractivity contribution >= 4 is 17.5 Å². The maximum absolute atomic E-state index is 12.8. The topological polar surface area (TPSA) is 96.2 Å². The Morgan fingerprint density at radius 3 is 2.79 bits per heavy atom. The first-order valence-electron chi connectivity index (χ1n) is 9.73. The molecule has 28 heavy (non-hydrogen) atoms. The number of nitrogens with zero attached hydrogens (tertiary/aromatic N) is 3. The van der Waals surface area contributed by atoms with Gasteiger partial charge in [-0.1, -0.05) is 44.2 Å². The van der Waals surface area contributed by atoms with E-state index >= 15 is 0 Å². The number of anilines is 2. The van der Waals surface area contributed by atoms with Crippen molar-refractivity contribution in [2.45, 2.75) is 39.3 Å². The summed E-state index contributed by atoms with van der Waals surface area (Å²) in [6.07, 6.45) is 3.55. The van der Waals surface area contributed by atoms with Gasteiger partial charge in [-0.25, -0.2) is 9.97 Å². The molecule has 7 nitrogen and oxygen atoms in total. The summed E-state index contributed by atoms with van der Waals surface area (Å²) in [7, 11) is 0. The highest BCUT2D eigenvalue weighted by Gasteiger charge is 2.24. The van der Waals surface area contributed by atoms with Crippen molar-refractivity contribution in [2.75, 3.05) is 30.7 Å². The van der Waals surface area contributed by atoms with Crippen molar-refractivity contribution in [2.24, 2.45) is 0 Å². The van der Waals surface area contributed by atoms with E-state index in [0.29, 0.717) is 17.9 Å². The third kappa shape index (κ3) is 5.42. The van der Waals surface area contributed by atoms with Gasteiger partial charge in [0.25, 0.3) is 5.91 Å². The Balaban J connectivity index is 1.68. The molecule has 1 aromatic carbocycles. The van der Waals surface area contributed by atoms with Crippen LogP contribution in [0.3, 0.4) is 0 Å². The van der Waals surface area contributed by atoms with Crippen molar-refractivity contribution in [3.8, 4) is 0 Å². The Labute approximate surface area is 166 Å². The van der Waals surface area contributed by atoms with Gasteiger partial charge >= 0.3 is 0 Å². The monoisotopic (exact) mass is 381 g/mol. The lowest BCUT2D eigenvalue weighted by atomic mass is 10.0. The number of rotatable bonds is 7. The maximum atomic E-state index is 12.8. The van der Waals surface area contributed by atoms with Crippen molar-refractivity contribution in [1.29, 1.82) is 0 Å². The van der Waals surface area contributed by atoms with Crippen LogP contribution in [0, 0.1) is 5.92 Å². The molecule has 2 heterocycles. The second-order valence-corrected chi connectivity index (χ2v) is 7.58. The standard InChI is InChI=1S/C21H29N6O/c1-15(2)12-27-10-6-9-17(13-27)26-20-18(19(22)24-14-25-20)21(28)23-11-16-7-4-3-5-8-16/h3-5,7-8,14,17H,6,9-13H2,1-2H3,(H,23,28)(H3,22,24,25,26)/t17-/m1/s1. The molecule has 0 saturated carbocycles. The molecule has 1 amide bonds. The molecule has 1 atom stereocenters. The second-order valence-electron chi connectivity index (χ2n) is 7.58. The van der Waals surface area contributed by atoms with Gasteiger partial charge in [-0.2, -0.15) is 0 Å². The van der Waals surface area contributed by atoms with Gasteiger partial charge in [0.2, 0.25) is 0 Å². The Kier molecular flexibility index (Phi) is 6.81. The summed E-state index contributed by atoms with van der Waals surface area (Å²) in [5.41, 5.74) is 7.36. The third-order valence-corrected chi connectivity index (χ3v) is 4.79. The smallest absolute Gasteiger partial charge is 0.259 e. The average molecular weight is 382 g/mol. The molecule has 1 aliphatic heterocycles. The summed E-state index contributed by atoms with van der Waals surface area (Å²) in [6, 6.07) is 9.99. The highest BCUT2D eigenvalue weighted by Crippen LogP contribution is 2.21. The first-order valence-corrected chi connectivity index (χ1v) is 9.73. The number of piperidine rings is 1. The number of carbonyl (C=O) groups is 1. The first kappa shape index (κ1) is 20.1. The Morgan fingerprint density at radius 1 is 1.25 bits per heavy atom. The van der Waals surface area contributed by atoms with Crippen LogP contribution in [0.1, 0.15) is 42.6 Å². The summed E-state index contributed by atoms with van der Waals surface area (Å²) in [5.74, 6) is 1.82. The molecule has 1 aromatic heterocycles. The molecule has 0 aliphatic carbocycles. The molecular weight excluding hydrogens is 352 g/mol. The van der Waals surface area contributed by atoms with Gasteiger partial charge < -0.3 is 21.3 Å². The van der Waals surface area contributed by atoms with Gasteiger partial charge in [0.15, 0.2) is 0 Å². The molecular formula is C21H29N6O.